The summed E-state index contributed by atoms with van der Waals surface area (Å²) in [5.74, 6) is 0.668. The van der Waals surface area contributed by atoms with Crippen LogP contribution in [0, 0.1) is 13.8 Å². The number of aromatic nitrogens is 2. The molecule has 2 fully saturated rings. The van der Waals surface area contributed by atoms with E-state index in [1.807, 2.05) is 18.5 Å². The first-order chi connectivity index (χ1) is 12.8. The molecule has 152 valence electrons. The molecular formula is C18H31N5O3S. The van der Waals surface area contributed by atoms with Gasteiger partial charge in [-0.1, -0.05) is 0 Å². The minimum absolute atomic E-state index is 0.0558. The number of hydrogen-bond acceptors (Lipinski definition) is 6. The second-order valence-electron chi connectivity index (χ2n) is 7.72. The van der Waals surface area contributed by atoms with Gasteiger partial charge in [0.25, 0.3) is 0 Å². The summed E-state index contributed by atoms with van der Waals surface area (Å²) in [4.78, 5) is 16.6. The lowest BCUT2D eigenvalue weighted by molar-refractivity contribution is -0.122. The summed E-state index contributed by atoms with van der Waals surface area (Å²) in [6.07, 6.45) is 1.61. The highest BCUT2D eigenvalue weighted by atomic mass is 32.2. The molecule has 1 aromatic rings. The Bertz CT molecular complexity index is 753. The van der Waals surface area contributed by atoms with Gasteiger partial charge in [0.1, 0.15) is 0 Å². The highest BCUT2D eigenvalue weighted by molar-refractivity contribution is 7.91. The first-order valence-corrected chi connectivity index (χ1v) is 11.6. The van der Waals surface area contributed by atoms with Crippen LogP contribution in [0.3, 0.4) is 0 Å². The summed E-state index contributed by atoms with van der Waals surface area (Å²) < 4.78 is 25.2. The zero-order valence-electron chi connectivity index (χ0n) is 16.4. The second kappa shape index (κ2) is 8.70. The molecule has 0 spiro atoms. The van der Waals surface area contributed by atoms with E-state index in [4.69, 9.17) is 0 Å². The van der Waals surface area contributed by atoms with Crippen molar-refractivity contribution in [3.63, 3.8) is 0 Å². The van der Waals surface area contributed by atoms with Crippen molar-refractivity contribution in [3.05, 3.63) is 17.5 Å². The summed E-state index contributed by atoms with van der Waals surface area (Å²) in [6.45, 7) is 9.20. The van der Waals surface area contributed by atoms with Crippen LogP contribution < -0.4 is 5.32 Å². The minimum atomic E-state index is -2.84. The molecule has 2 aliphatic heterocycles. The van der Waals surface area contributed by atoms with Gasteiger partial charge in [0.15, 0.2) is 9.84 Å². The zero-order chi connectivity index (χ0) is 19.4. The van der Waals surface area contributed by atoms with Gasteiger partial charge in [-0.15, -0.1) is 0 Å². The van der Waals surface area contributed by atoms with Crippen molar-refractivity contribution in [2.45, 2.75) is 39.3 Å². The van der Waals surface area contributed by atoms with Crippen molar-refractivity contribution in [2.75, 3.05) is 50.8 Å². The van der Waals surface area contributed by atoms with E-state index in [0.717, 1.165) is 57.0 Å². The smallest absolute Gasteiger partial charge is 0.234 e. The molecule has 0 bridgehead atoms. The molecule has 0 unspecified atom stereocenters. The highest BCUT2D eigenvalue weighted by Crippen LogP contribution is 2.19. The van der Waals surface area contributed by atoms with Crippen molar-refractivity contribution < 1.29 is 13.2 Å². The number of rotatable bonds is 7. The Labute approximate surface area is 161 Å². The largest absolute Gasteiger partial charge is 0.355 e. The van der Waals surface area contributed by atoms with E-state index in [1.54, 1.807) is 0 Å². The molecule has 2 aliphatic rings. The number of sulfone groups is 1. The van der Waals surface area contributed by atoms with E-state index in [9.17, 15) is 13.2 Å². The van der Waals surface area contributed by atoms with Crippen LogP contribution in [-0.4, -0.2) is 90.7 Å². The van der Waals surface area contributed by atoms with Gasteiger partial charge in [-0.2, -0.15) is 5.10 Å². The molecule has 2 saturated heterocycles. The molecule has 8 nitrogen and oxygen atoms in total. The summed E-state index contributed by atoms with van der Waals surface area (Å²) in [6, 6.07) is 2.22. The Morgan fingerprint density at radius 3 is 2.59 bits per heavy atom. The average Bonchev–Trinajstić information content (AvgIpc) is 3.13. The van der Waals surface area contributed by atoms with Gasteiger partial charge < -0.3 is 5.32 Å². The van der Waals surface area contributed by atoms with Crippen LogP contribution in [0.5, 0.6) is 0 Å². The molecule has 0 aliphatic carbocycles. The molecular weight excluding hydrogens is 366 g/mol. The average molecular weight is 398 g/mol. The lowest BCUT2D eigenvalue weighted by Crippen LogP contribution is -2.52. The third-order valence-corrected chi connectivity index (χ3v) is 7.22. The van der Waals surface area contributed by atoms with Gasteiger partial charge in [0.2, 0.25) is 5.91 Å². The second-order valence-corrected chi connectivity index (χ2v) is 9.95. The third-order valence-electron chi connectivity index (χ3n) is 5.47. The molecule has 0 radical (unpaired) electrons. The van der Waals surface area contributed by atoms with E-state index in [1.165, 1.54) is 0 Å². The summed E-state index contributed by atoms with van der Waals surface area (Å²) >= 11 is 0. The van der Waals surface area contributed by atoms with E-state index in [2.05, 4.69) is 26.3 Å². The lowest BCUT2D eigenvalue weighted by atomic mass is 10.2. The van der Waals surface area contributed by atoms with Crippen LogP contribution in [-0.2, 0) is 21.2 Å². The van der Waals surface area contributed by atoms with Crippen LogP contribution in [0.1, 0.15) is 24.2 Å². The highest BCUT2D eigenvalue weighted by Gasteiger charge is 2.33. The predicted molar refractivity (Wildman–Crippen MR) is 104 cm³/mol. The van der Waals surface area contributed by atoms with Crippen LogP contribution in [0.15, 0.2) is 6.07 Å². The normalized spacial score (nSPS) is 23.6. The van der Waals surface area contributed by atoms with E-state index >= 15 is 0 Å². The quantitative estimate of drug-likeness (QED) is 0.642. The Kier molecular flexibility index (Phi) is 6.54. The van der Waals surface area contributed by atoms with Crippen LogP contribution in [0.2, 0.25) is 0 Å². The van der Waals surface area contributed by atoms with Gasteiger partial charge in [0, 0.05) is 51.0 Å². The molecule has 3 rings (SSSR count). The van der Waals surface area contributed by atoms with Crippen molar-refractivity contribution in [2.24, 2.45) is 0 Å². The number of aryl methyl sites for hydroxylation is 3. The first kappa shape index (κ1) is 20.3. The van der Waals surface area contributed by atoms with Gasteiger partial charge in [0.05, 0.1) is 23.7 Å². The molecule has 1 N–H and O–H groups in total. The molecule has 1 aromatic heterocycles. The van der Waals surface area contributed by atoms with E-state index in [0.29, 0.717) is 24.6 Å². The van der Waals surface area contributed by atoms with Crippen molar-refractivity contribution >= 4 is 15.7 Å². The predicted octanol–water partition coefficient (Wildman–Crippen LogP) is -0.189. The third kappa shape index (κ3) is 5.76. The van der Waals surface area contributed by atoms with E-state index in [-0.39, 0.29) is 11.9 Å². The summed E-state index contributed by atoms with van der Waals surface area (Å²) in [5.41, 5.74) is 2.16. The van der Waals surface area contributed by atoms with Crippen molar-refractivity contribution in [3.8, 4) is 0 Å². The van der Waals surface area contributed by atoms with Gasteiger partial charge in [-0.05, 0) is 32.8 Å². The molecule has 9 heteroatoms. The van der Waals surface area contributed by atoms with Crippen LogP contribution in [0.25, 0.3) is 0 Å². The maximum Gasteiger partial charge on any atom is 0.234 e. The Morgan fingerprint density at radius 2 is 2.00 bits per heavy atom. The minimum Gasteiger partial charge on any atom is -0.355 e. The molecule has 3 heterocycles. The fourth-order valence-electron chi connectivity index (χ4n) is 3.97. The topological polar surface area (TPSA) is 87.5 Å². The molecule has 27 heavy (non-hydrogen) atoms. The number of hydrogen-bond donors (Lipinski definition) is 1. The van der Waals surface area contributed by atoms with Gasteiger partial charge in [-0.25, -0.2) is 8.42 Å². The fraction of sp³-hybridized carbons (Fsp3) is 0.778. The van der Waals surface area contributed by atoms with Crippen LogP contribution >= 0.6 is 0 Å². The number of carbonyl (C=O) groups excluding carboxylic acids is 1. The Morgan fingerprint density at radius 1 is 1.26 bits per heavy atom. The number of nitrogens with zero attached hydrogens (tertiary/aromatic N) is 4. The van der Waals surface area contributed by atoms with Crippen molar-refractivity contribution in [1.82, 2.24) is 24.9 Å². The Hall–Kier alpha value is -1.45. The first-order valence-electron chi connectivity index (χ1n) is 9.77. The molecule has 1 amide bonds. The number of piperazine rings is 1. The Balaban J connectivity index is 1.31. The van der Waals surface area contributed by atoms with Gasteiger partial charge in [-0.3, -0.25) is 19.3 Å². The SMILES string of the molecule is Cc1cc(C)n(CCCNC(=O)CN2CCN([C@H]3CCS(=O)(=O)C3)CC2)n1. The number of nitrogens with one attached hydrogen (secondary N) is 1. The van der Waals surface area contributed by atoms with E-state index < -0.39 is 9.84 Å². The monoisotopic (exact) mass is 397 g/mol. The lowest BCUT2D eigenvalue weighted by Gasteiger charge is -2.37. The standard InChI is InChI=1S/C18H31N5O3S/c1-15-12-16(2)23(20-15)6-3-5-19-18(24)13-21-7-9-22(10-8-21)17-4-11-27(25,26)14-17/h12,17H,3-11,13-14H2,1-2H3,(H,19,24)/t17-/m0/s1. The zero-order valence-corrected chi connectivity index (χ0v) is 17.2. The van der Waals surface area contributed by atoms with Gasteiger partial charge >= 0.3 is 0 Å². The molecule has 0 aromatic carbocycles. The van der Waals surface area contributed by atoms with Crippen molar-refractivity contribution in [1.29, 1.82) is 0 Å². The summed E-state index contributed by atoms with van der Waals surface area (Å²) in [7, 11) is -2.84. The fourth-order valence-corrected chi connectivity index (χ4v) is 5.73. The van der Waals surface area contributed by atoms with Crippen LogP contribution in [0.4, 0.5) is 0 Å². The summed E-state index contributed by atoms with van der Waals surface area (Å²) in [5, 5.41) is 7.41. The number of amides is 1. The molecule has 0 saturated carbocycles. The molecule has 1 atom stereocenters. The maximum atomic E-state index is 12.1. The maximum absolute atomic E-state index is 12.1. The number of carbonyl (C=O) groups is 1.